The summed E-state index contributed by atoms with van der Waals surface area (Å²) in [5.41, 5.74) is 7.57. The second kappa shape index (κ2) is 5.73. The van der Waals surface area contributed by atoms with Gasteiger partial charge in [-0.25, -0.2) is 0 Å². The van der Waals surface area contributed by atoms with Gasteiger partial charge in [0.05, 0.1) is 11.7 Å². The van der Waals surface area contributed by atoms with Gasteiger partial charge >= 0.3 is 0 Å². The first-order valence-electron chi connectivity index (χ1n) is 6.22. The van der Waals surface area contributed by atoms with E-state index in [1.54, 1.807) is 0 Å². The van der Waals surface area contributed by atoms with Gasteiger partial charge in [-0.1, -0.05) is 13.3 Å². The van der Waals surface area contributed by atoms with Crippen LogP contribution < -0.4 is 5.73 Å². The zero-order valence-corrected chi connectivity index (χ0v) is 10.7. The Hall–Kier alpha value is -0.480. The zero-order chi connectivity index (χ0) is 11.4. The molecule has 2 atom stereocenters. The SMILES string of the molecule is CCCn1nccc1C(N)C1CCCCS1. The van der Waals surface area contributed by atoms with Crippen LogP contribution in [0.15, 0.2) is 12.3 Å². The third-order valence-electron chi connectivity index (χ3n) is 3.14. The number of aromatic nitrogens is 2. The van der Waals surface area contributed by atoms with Gasteiger partial charge in [0.25, 0.3) is 0 Å². The van der Waals surface area contributed by atoms with Crippen LogP contribution in [0.4, 0.5) is 0 Å². The van der Waals surface area contributed by atoms with Crippen LogP contribution in [0.25, 0.3) is 0 Å². The molecule has 0 aliphatic carbocycles. The quantitative estimate of drug-likeness (QED) is 0.878. The molecule has 1 aromatic rings. The van der Waals surface area contributed by atoms with Gasteiger partial charge < -0.3 is 5.73 Å². The fraction of sp³-hybridized carbons (Fsp3) is 0.750. The molecule has 0 radical (unpaired) electrons. The van der Waals surface area contributed by atoms with E-state index in [9.17, 15) is 0 Å². The molecule has 3 nitrogen and oxygen atoms in total. The lowest BCUT2D eigenvalue weighted by Gasteiger charge is -2.27. The highest BCUT2D eigenvalue weighted by atomic mass is 32.2. The van der Waals surface area contributed by atoms with Gasteiger partial charge in [0.2, 0.25) is 0 Å². The van der Waals surface area contributed by atoms with E-state index in [2.05, 4.69) is 22.8 Å². The van der Waals surface area contributed by atoms with Crippen LogP contribution in [0.2, 0.25) is 0 Å². The Labute approximate surface area is 102 Å². The lowest BCUT2D eigenvalue weighted by atomic mass is 10.1. The first kappa shape index (κ1) is 12.0. The molecule has 90 valence electrons. The number of thioether (sulfide) groups is 1. The molecule has 2 N–H and O–H groups in total. The summed E-state index contributed by atoms with van der Waals surface area (Å²) in [4.78, 5) is 0. The van der Waals surface area contributed by atoms with Gasteiger partial charge in [-0.2, -0.15) is 16.9 Å². The van der Waals surface area contributed by atoms with Crippen LogP contribution in [-0.4, -0.2) is 20.8 Å². The lowest BCUT2D eigenvalue weighted by Crippen LogP contribution is -2.28. The highest BCUT2D eigenvalue weighted by Crippen LogP contribution is 2.33. The zero-order valence-electron chi connectivity index (χ0n) is 9.93. The van der Waals surface area contributed by atoms with Crippen molar-refractivity contribution in [2.75, 3.05) is 5.75 Å². The van der Waals surface area contributed by atoms with Crippen LogP contribution in [0.1, 0.15) is 44.3 Å². The molecular formula is C12H21N3S. The molecule has 0 bridgehead atoms. The Morgan fingerprint density at radius 1 is 1.62 bits per heavy atom. The van der Waals surface area contributed by atoms with Crippen molar-refractivity contribution in [2.45, 2.75) is 50.4 Å². The molecule has 0 saturated carbocycles. The summed E-state index contributed by atoms with van der Waals surface area (Å²) in [5, 5.41) is 4.93. The molecular weight excluding hydrogens is 218 g/mol. The van der Waals surface area contributed by atoms with Crippen molar-refractivity contribution >= 4 is 11.8 Å². The minimum Gasteiger partial charge on any atom is -0.322 e. The molecule has 1 saturated heterocycles. The summed E-state index contributed by atoms with van der Waals surface area (Å²) in [6, 6.07) is 2.23. The Kier molecular flexibility index (Phi) is 4.29. The maximum absolute atomic E-state index is 6.36. The second-order valence-electron chi connectivity index (χ2n) is 4.41. The van der Waals surface area contributed by atoms with Gasteiger partial charge in [0.1, 0.15) is 0 Å². The van der Waals surface area contributed by atoms with Crippen molar-refractivity contribution in [1.82, 2.24) is 9.78 Å². The van der Waals surface area contributed by atoms with Crippen LogP contribution in [0.3, 0.4) is 0 Å². The topological polar surface area (TPSA) is 43.8 Å². The Morgan fingerprint density at radius 3 is 3.19 bits per heavy atom. The van der Waals surface area contributed by atoms with Crippen LogP contribution in [0, 0.1) is 0 Å². The van der Waals surface area contributed by atoms with Gasteiger partial charge in [-0.3, -0.25) is 4.68 Å². The van der Waals surface area contributed by atoms with Crippen molar-refractivity contribution in [3.63, 3.8) is 0 Å². The molecule has 16 heavy (non-hydrogen) atoms. The van der Waals surface area contributed by atoms with Crippen LogP contribution in [-0.2, 0) is 6.54 Å². The maximum atomic E-state index is 6.36. The van der Waals surface area contributed by atoms with E-state index in [0.717, 1.165) is 13.0 Å². The van der Waals surface area contributed by atoms with Gasteiger partial charge in [-0.15, -0.1) is 0 Å². The average Bonchev–Trinajstić information content (AvgIpc) is 2.78. The van der Waals surface area contributed by atoms with E-state index < -0.39 is 0 Å². The smallest absolute Gasteiger partial charge is 0.0587 e. The van der Waals surface area contributed by atoms with E-state index in [1.807, 2.05) is 18.0 Å². The maximum Gasteiger partial charge on any atom is 0.0587 e. The Balaban J connectivity index is 2.06. The van der Waals surface area contributed by atoms with Crippen molar-refractivity contribution in [3.8, 4) is 0 Å². The normalized spacial score (nSPS) is 23.2. The molecule has 4 heteroatoms. The third kappa shape index (κ3) is 2.61. The molecule has 2 unspecified atom stereocenters. The van der Waals surface area contributed by atoms with Crippen LogP contribution >= 0.6 is 11.8 Å². The monoisotopic (exact) mass is 239 g/mol. The number of hydrogen-bond donors (Lipinski definition) is 1. The summed E-state index contributed by atoms with van der Waals surface area (Å²) in [6.45, 7) is 3.15. The van der Waals surface area contributed by atoms with Crippen molar-refractivity contribution < 1.29 is 0 Å². The number of aryl methyl sites for hydroxylation is 1. The summed E-state index contributed by atoms with van der Waals surface area (Å²) in [5.74, 6) is 1.26. The number of rotatable bonds is 4. The average molecular weight is 239 g/mol. The van der Waals surface area contributed by atoms with Crippen molar-refractivity contribution in [1.29, 1.82) is 0 Å². The van der Waals surface area contributed by atoms with E-state index >= 15 is 0 Å². The Bertz CT molecular complexity index is 318. The Morgan fingerprint density at radius 2 is 2.50 bits per heavy atom. The van der Waals surface area contributed by atoms with E-state index in [4.69, 9.17) is 5.73 Å². The predicted octanol–water partition coefficient (Wildman–Crippen LogP) is 2.58. The molecule has 2 heterocycles. The molecule has 1 fully saturated rings. The molecule has 0 spiro atoms. The highest BCUT2D eigenvalue weighted by Gasteiger charge is 2.24. The highest BCUT2D eigenvalue weighted by molar-refractivity contribution is 8.00. The number of nitrogens with two attached hydrogens (primary N) is 1. The van der Waals surface area contributed by atoms with Crippen molar-refractivity contribution in [3.05, 3.63) is 18.0 Å². The largest absolute Gasteiger partial charge is 0.322 e. The minimum absolute atomic E-state index is 0.152. The standard InChI is InChI=1S/C12H21N3S/c1-2-8-15-10(6-7-14-15)12(13)11-5-3-4-9-16-11/h6-7,11-12H,2-5,8-9,13H2,1H3. The molecule has 0 amide bonds. The first-order valence-corrected chi connectivity index (χ1v) is 7.26. The molecule has 1 aliphatic rings. The minimum atomic E-state index is 0.152. The van der Waals surface area contributed by atoms with E-state index in [1.165, 1.54) is 30.7 Å². The molecule has 2 rings (SSSR count). The van der Waals surface area contributed by atoms with E-state index in [0.29, 0.717) is 5.25 Å². The van der Waals surface area contributed by atoms with Gasteiger partial charge in [0.15, 0.2) is 0 Å². The van der Waals surface area contributed by atoms with Crippen molar-refractivity contribution in [2.24, 2.45) is 5.73 Å². The van der Waals surface area contributed by atoms with Gasteiger partial charge in [-0.05, 0) is 31.1 Å². The third-order valence-corrected chi connectivity index (χ3v) is 4.62. The van der Waals surface area contributed by atoms with Gasteiger partial charge in [0, 0.05) is 18.0 Å². The molecule has 0 aromatic carbocycles. The second-order valence-corrected chi connectivity index (χ2v) is 5.76. The van der Waals surface area contributed by atoms with E-state index in [-0.39, 0.29) is 6.04 Å². The predicted molar refractivity (Wildman–Crippen MR) is 69.5 cm³/mol. The summed E-state index contributed by atoms with van der Waals surface area (Å²) in [6.07, 6.45) is 6.91. The number of hydrogen-bond acceptors (Lipinski definition) is 3. The fourth-order valence-electron chi connectivity index (χ4n) is 2.26. The fourth-order valence-corrected chi connectivity index (χ4v) is 3.62. The molecule has 1 aliphatic heterocycles. The number of nitrogens with zero attached hydrogens (tertiary/aromatic N) is 2. The lowest BCUT2D eigenvalue weighted by molar-refractivity contribution is 0.508. The molecule has 1 aromatic heterocycles. The summed E-state index contributed by atoms with van der Waals surface area (Å²) >= 11 is 2.03. The summed E-state index contributed by atoms with van der Waals surface area (Å²) < 4.78 is 2.07. The first-order chi connectivity index (χ1) is 7.83. The van der Waals surface area contributed by atoms with Crippen LogP contribution in [0.5, 0.6) is 0 Å². The summed E-state index contributed by atoms with van der Waals surface area (Å²) in [7, 11) is 0.